The van der Waals surface area contributed by atoms with E-state index in [0.717, 1.165) is 28.7 Å². The molecule has 0 spiro atoms. The fourth-order valence-electron chi connectivity index (χ4n) is 2.16. The number of carbonyl (C=O) groups is 3. The first kappa shape index (κ1) is 21.5. The van der Waals surface area contributed by atoms with Gasteiger partial charge < -0.3 is 14.6 Å². The number of hydrogen-bond donors (Lipinski definition) is 2. The molecule has 156 valence electrons. The van der Waals surface area contributed by atoms with Gasteiger partial charge in [0.15, 0.2) is 15.8 Å². The molecule has 0 saturated carbocycles. The van der Waals surface area contributed by atoms with Crippen LogP contribution < -0.4 is 10.6 Å². The van der Waals surface area contributed by atoms with Gasteiger partial charge in [-0.2, -0.15) is 0 Å². The van der Waals surface area contributed by atoms with Crippen LogP contribution in [0.15, 0.2) is 45.3 Å². The lowest BCUT2D eigenvalue weighted by atomic mass is 10.1. The van der Waals surface area contributed by atoms with Gasteiger partial charge in [0.1, 0.15) is 6.54 Å². The Kier molecular flexibility index (Phi) is 7.51. The molecule has 0 atom stereocenters. The maximum absolute atomic E-state index is 12.3. The molecular formula is C18H17N5O5S2. The van der Waals surface area contributed by atoms with Crippen LogP contribution in [0.25, 0.3) is 11.3 Å². The third-order valence-corrected chi connectivity index (χ3v) is 5.46. The molecule has 2 amide bonds. The van der Waals surface area contributed by atoms with Crippen molar-refractivity contribution >= 4 is 46.0 Å². The minimum absolute atomic E-state index is 0.0473. The van der Waals surface area contributed by atoms with E-state index in [2.05, 4.69) is 26.0 Å². The van der Waals surface area contributed by atoms with E-state index in [9.17, 15) is 14.4 Å². The van der Waals surface area contributed by atoms with E-state index in [0.29, 0.717) is 10.1 Å². The molecule has 10 nitrogen and oxygen atoms in total. The van der Waals surface area contributed by atoms with Gasteiger partial charge in [0, 0.05) is 11.6 Å². The smallest absolute Gasteiger partial charge is 0.325 e. The van der Waals surface area contributed by atoms with Crippen molar-refractivity contribution in [3.05, 3.63) is 42.1 Å². The van der Waals surface area contributed by atoms with Crippen LogP contribution in [0.3, 0.4) is 0 Å². The number of amides is 2. The number of anilines is 1. The zero-order valence-corrected chi connectivity index (χ0v) is 17.4. The van der Waals surface area contributed by atoms with E-state index < -0.39 is 11.9 Å². The lowest BCUT2D eigenvalue weighted by molar-refractivity contribution is -0.143. The number of carbonyl (C=O) groups excluding carboxylic acids is 3. The SMILES string of the molecule is CCOC(=O)CNC(=O)CSc1nnc(NC(=O)c2cc(-c3ccccc3)on2)s1. The Morgan fingerprint density at radius 3 is 2.77 bits per heavy atom. The van der Waals surface area contributed by atoms with Gasteiger partial charge in [-0.25, -0.2) is 0 Å². The molecule has 2 N–H and O–H groups in total. The molecule has 2 heterocycles. The number of esters is 1. The molecular weight excluding hydrogens is 430 g/mol. The highest BCUT2D eigenvalue weighted by Gasteiger charge is 2.16. The number of thioether (sulfide) groups is 1. The molecule has 0 bridgehead atoms. The molecule has 0 radical (unpaired) electrons. The second kappa shape index (κ2) is 10.5. The Bertz CT molecular complexity index is 1020. The van der Waals surface area contributed by atoms with Crippen LogP contribution in [0.2, 0.25) is 0 Å². The number of aromatic nitrogens is 3. The van der Waals surface area contributed by atoms with Crippen LogP contribution in [0, 0.1) is 0 Å². The predicted octanol–water partition coefficient (Wildman–Crippen LogP) is 2.22. The Morgan fingerprint density at radius 2 is 2.00 bits per heavy atom. The van der Waals surface area contributed by atoms with E-state index >= 15 is 0 Å². The highest BCUT2D eigenvalue weighted by molar-refractivity contribution is 8.01. The molecule has 12 heteroatoms. The van der Waals surface area contributed by atoms with Crippen LogP contribution >= 0.6 is 23.1 Å². The fourth-order valence-corrected chi connectivity index (χ4v) is 3.74. The van der Waals surface area contributed by atoms with Crippen molar-refractivity contribution in [2.75, 3.05) is 24.2 Å². The van der Waals surface area contributed by atoms with Gasteiger partial charge in [0.05, 0.1) is 12.4 Å². The lowest BCUT2D eigenvalue weighted by Crippen LogP contribution is -2.31. The molecule has 3 aromatic rings. The van der Waals surface area contributed by atoms with Crippen molar-refractivity contribution in [2.45, 2.75) is 11.3 Å². The topological polar surface area (TPSA) is 136 Å². The average Bonchev–Trinajstić information content (AvgIpc) is 3.41. The van der Waals surface area contributed by atoms with Crippen LogP contribution in [0.1, 0.15) is 17.4 Å². The van der Waals surface area contributed by atoms with Gasteiger partial charge in [-0.1, -0.05) is 58.6 Å². The highest BCUT2D eigenvalue weighted by Crippen LogP contribution is 2.26. The minimum atomic E-state index is -0.500. The van der Waals surface area contributed by atoms with E-state index in [1.54, 1.807) is 6.92 Å². The predicted molar refractivity (Wildman–Crippen MR) is 110 cm³/mol. The van der Waals surface area contributed by atoms with Gasteiger partial charge in [0.25, 0.3) is 5.91 Å². The lowest BCUT2D eigenvalue weighted by Gasteiger charge is -2.03. The van der Waals surface area contributed by atoms with Crippen molar-refractivity contribution in [2.24, 2.45) is 0 Å². The summed E-state index contributed by atoms with van der Waals surface area (Å²) >= 11 is 2.25. The zero-order valence-electron chi connectivity index (χ0n) is 15.8. The van der Waals surface area contributed by atoms with Crippen LogP contribution in [0.5, 0.6) is 0 Å². The van der Waals surface area contributed by atoms with Gasteiger partial charge in [0.2, 0.25) is 11.0 Å². The molecule has 2 aromatic heterocycles. The summed E-state index contributed by atoms with van der Waals surface area (Å²) in [7, 11) is 0. The third kappa shape index (κ3) is 6.12. The monoisotopic (exact) mass is 447 g/mol. The maximum atomic E-state index is 12.3. The first-order valence-electron chi connectivity index (χ1n) is 8.77. The van der Waals surface area contributed by atoms with E-state index in [-0.39, 0.29) is 35.6 Å². The van der Waals surface area contributed by atoms with E-state index in [1.807, 2.05) is 30.3 Å². The first-order chi connectivity index (χ1) is 14.5. The summed E-state index contributed by atoms with van der Waals surface area (Å²) in [6, 6.07) is 10.8. The van der Waals surface area contributed by atoms with Gasteiger partial charge in [-0.15, -0.1) is 10.2 Å². The average molecular weight is 447 g/mol. The Morgan fingerprint density at radius 1 is 1.20 bits per heavy atom. The van der Waals surface area contributed by atoms with E-state index in [1.165, 1.54) is 6.07 Å². The molecule has 0 unspecified atom stereocenters. The van der Waals surface area contributed by atoms with Gasteiger partial charge in [-0.05, 0) is 6.92 Å². The Balaban J connectivity index is 1.48. The normalized spacial score (nSPS) is 10.4. The number of hydrogen-bond acceptors (Lipinski definition) is 10. The summed E-state index contributed by atoms with van der Waals surface area (Å²) in [6.45, 7) is 1.75. The maximum Gasteiger partial charge on any atom is 0.325 e. The molecule has 1 aromatic carbocycles. The van der Waals surface area contributed by atoms with Crippen molar-refractivity contribution in [3.63, 3.8) is 0 Å². The van der Waals surface area contributed by atoms with Crippen LogP contribution in [-0.2, 0) is 14.3 Å². The summed E-state index contributed by atoms with van der Waals surface area (Å²) < 4.78 is 10.4. The number of ether oxygens (including phenoxy) is 1. The summed E-state index contributed by atoms with van der Waals surface area (Å²) in [5, 5.41) is 16.9. The molecule has 3 rings (SSSR count). The van der Waals surface area contributed by atoms with Crippen LogP contribution in [-0.4, -0.2) is 52.0 Å². The van der Waals surface area contributed by atoms with E-state index in [4.69, 9.17) is 9.26 Å². The molecule has 0 fully saturated rings. The first-order valence-corrected chi connectivity index (χ1v) is 10.6. The number of rotatable bonds is 9. The highest BCUT2D eigenvalue weighted by atomic mass is 32.2. The summed E-state index contributed by atoms with van der Waals surface area (Å²) in [4.78, 5) is 35.3. The van der Waals surface area contributed by atoms with Crippen molar-refractivity contribution in [1.82, 2.24) is 20.7 Å². The Hall–Kier alpha value is -3.25. The largest absolute Gasteiger partial charge is 0.465 e. The van der Waals surface area contributed by atoms with Gasteiger partial charge in [-0.3, -0.25) is 19.7 Å². The third-order valence-electron chi connectivity index (χ3n) is 3.49. The standard InChI is InChI=1S/C18H17N5O5S2/c1-2-27-15(25)9-19-14(24)10-29-18-22-21-17(30-18)20-16(26)12-8-13(28-23-12)11-6-4-3-5-7-11/h3-8H,2,9-10H2,1H3,(H,19,24)(H,20,21,26). The summed E-state index contributed by atoms with van der Waals surface area (Å²) in [6.07, 6.45) is 0. The van der Waals surface area contributed by atoms with Crippen molar-refractivity contribution in [3.8, 4) is 11.3 Å². The van der Waals surface area contributed by atoms with Crippen molar-refractivity contribution in [1.29, 1.82) is 0 Å². The number of benzene rings is 1. The van der Waals surface area contributed by atoms with Crippen LogP contribution in [0.4, 0.5) is 5.13 Å². The molecule has 0 saturated heterocycles. The molecule has 0 aliphatic carbocycles. The summed E-state index contributed by atoms with van der Waals surface area (Å²) in [5.41, 5.74) is 0.913. The molecule has 30 heavy (non-hydrogen) atoms. The molecule has 0 aliphatic heterocycles. The van der Waals surface area contributed by atoms with Gasteiger partial charge >= 0.3 is 5.97 Å². The second-order valence-electron chi connectivity index (χ2n) is 5.64. The zero-order chi connectivity index (χ0) is 21.3. The number of nitrogens with zero attached hydrogens (tertiary/aromatic N) is 3. The fraction of sp³-hybridized carbons (Fsp3) is 0.222. The quantitative estimate of drug-likeness (QED) is 0.287. The van der Waals surface area contributed by atoms with Crippen molar-refractivity contribution < 1.29 is 23.6 Å². The Labute approximate surface area is 179 Å². The minimum Gasteiger partial charge on any atom is -0.465 e. The summed E-state index contributed by atoms with van der Waals surface area (Å²) in [5.74, 6) is -0.806. The molecule has 0 aliphatic rings. The number of nitrogens with one attached hydrogen (secondary N) is 2. The second-order valence-corrected chi connectivity index (χ2v) is 7.84.